The van der Waals surface area contributed by atoms with Crippen molar-refractivity contribution in [1.29, 1.82) is 0 Å². The van der Waals surface area contributed by atoms with Crippen LogP contribution in [-0.2, 0) is 13.0 Å². The molecule has 0 aliphatic rings. The number of hydrogen-bond donors (Lipinski definition) is 1. The summed E-state index contributed by atoms with van der Waals surface area (Å²) in [5.41, 5.74) is 8.16. The van der Waals surface area contributed by atoms with Crippen LogP contribution in [0.2, 0.25) is 0 Å². The molecule has 2 N–H and O–H groups in total. The van der Waals surface area contributed by atoms with Gasteiger partial charge < -0.3 is 10.2 Å². The van der Waals surface area contributed by atoms with E-state index in [-0.39, 0.29) is 5.82 Å². The number of fused-ring (bicyclic) bond motifs is 1. The molecule has 0 unspecified atom stereocenters. The molecular weight excluding hydrogens is 205 g/mol. The van der Waals surface area contributed by atoms with Crippen LogP contribution >= 0.6 is 0 Å². The zero-order chi connectivity index (χ0) is 11.7. The van der Waals surface area contributed by atoms with Crippen LogP contribution in [0, 0.1) is 12.7 Å². The number of aryl methyl sites for hydroxylation is 2. The second-order valence-corrected chi connectivity index (χ2v) is 4.03. The zero-order valence-corrected chi connectivity index (χ0v) is 9.64. The number of nitrogens with two attached hydrogens (primary N) is 1. The lowest BCUT2D eigenvalue weighted by Crippen LogP contribution is -1.98. The molecule has 0 radical (unpaired) electrons. The van der Waals surface area contributed by atoms with Crippen LogP contribution < -0.4 is 5.73 Å². The first-order chi connectivity index (χ1) is 7.69. The molecule has 0 saturated heterocycles. The van der Waals surface area contributed by atoms with Gasteiger partial charge in [0, 0.05) is 5.56 Å². The molecule has 2 rings (SSSR count). The third-order valence-electron chi connectivity index (χ3n) is 2.85. The Labute approximate surface area is 94.2 Å². The van der Waals surface area contributed by atoms with Crippen LogP contribution in [-0.4, -0.2) is 0 Å². The number of benzene rings is 1. The standard InChI is InChI=1S/C13H16FNO/c1-3-4-9-11(7-15)16-13-8(2)5-6-10(14)12(9)13/h5-6H,3-4,7,15H2,1-2H3. The fourth-order valence-electron chi connectivity index (χ4n) is 2.08. The van der Waals surface area contributed by atoms with Crippen LogP contribution in [0.1, 0.15) is 30.2 Å². The van der Waals surface area contributed by atoms with E-state index in [2.05, 4.69) is 6.92 Å². The van der Waals surface area contributed by atoms with Gasteiger partial charge in [0.05, 0.1) is 11.9 Å². The molecule has 0 aliphatic carbocycles. The summed E-state index contributed by atoms with van der Waals surface area (Å²) in [5, 5.41) is 0.613. The third-order valence-corrected chi connectivity index (χ3v) is 2.85. The highest BCUT2D eigenvalue weighted by atomic mass is 19.1. The number of rotatable bonds is 3. The Morgan fingerprint density at radius 2 is 2.12 bits per heavy atom. The van der Waals surface area contributed by atoms with E-state index in [4.69, 9.17) is 10.2 Å². The minimum absolute atomic E-state index is 0.215. The van der Waals surface area contributed by atoms with Gasteiger partial charge in [0.25, 0.3) is 0 Å². The normalized spacial score (nSPS) is 11.2. The molecule has 2 nitrogen and oxygen atoms in total. The molecule has 0 aliphatic heterocycles. The Morgan fingerprint density at radius 3 is 2.75 bits per heavy atom. The van der Waals surface area contributed by atoms with Crippen LogP contribution in [0.4, 0.5) is 4.39 Å². The molecular formula is C13H16FNO. The Kier molecular flexibility index (Phi) is 2.97. The number of furan rings is 1. The van der Waals surface area contributed by atoms with Crippen molar-refractivity contribution >= 4 is 11.0 Å². The van der Waals surface area contributed by atoms with Gasteiger partial charge in [-0.15, -0.1) is 0 Å². The summed E-state index contributed by atoms with van der Waals surface area (Å²) in [4.78, 5) is 0. The SMILES string of the molecule is CCCc1c(CN)oc2c(C)ccc(F)c12. The van der Waals surface area contributed by atoms with Crippen molar-refractivity contribution in [2.45, 2.75) is 33.2 Å². The zero-order valence-electron chi connectivity index (χ0n) is 9.64. The summed E-state index contributed by atoms with van der Waals surface area (Å²) in [6, 6.07) is 3.23. The van der Waals surface area contributed by atoms with Gasteiger partial charge in [0.15, 0.2) is 0 Å². The lowest BCUT2D eigenvalue weighted by atomic mass is 10.0. The maximum absolute atomic E-state index is 13.8. The van der Waals surface area contributed by atoms with E-state index in [1.54, 1.807) is 6.07 Å². The molecule has 1 heterocycles. The molecule has 0 bridgehead atoms. The number of halogens is 1. The molecule has 16 heavy (non-hydrogen) atoms. The van der Waals surface area contributed by atoms with Crippen LogP contribution in [0.15, 0.2) is 16.5 Å². The van der Waals surface area contributed by atoms with E-state index in [1.165, 1.54) is 6.07 Å². The first-order valence-corrected chi connectivity index (χ1v) is 5.58. The molecule has 3 heteroatoms. The van der Waals surface area contributed by atoms with Gasteiger partial charge in [-0.3, -0.25) is 0 Å². The molecule has 0 spiro atoms. The monoisotopic (exact) mass is 221 g/mol. The summed E-state index contributed by atoms with van der Waals surface area (Å²) < 4.78 is 19.4. The fraction of sp³-hybridized carbons (Fsp3) is 0.385. The van der Waals surface area contributed by atoms with E-state index in [0.717, 1.165) is 24.0 Å². The van der Waals surface area contributed by atoms with Gasteiger partial charge in [-0.2, -0.15) is 0 Å². The molecule has 2 aromatic rings. The van der Waals surface area contributed by atoms with Crippen molar-refractivity contribution in [1.82, 2.24) is 0 Å². The molecule has 0 amide bonds. The third kappa shape index (κ3) is 1.61. The quantitative estimate of drug-likeness (QED) is 0.863. The molecule has 1 aromatic heterocycles. The van der Waals surface area contributed by atoms with E-state index < -0.39 is 0 Å². The molecule has 0 fully saturated rings. The van der Waals surface area contributed by atoms with Crippen molar-refractivity contribution in [3.05, 3.63) is 34.8 Å². The van der Waals surface area contributed by atoms with Crippen molar-refractivity contribution in [2.75, 3.05) is 0 Å². The van der Waals surface area contributed by atoms with Gasteiger partial charge >= 0.3 is 0 Å². The van der Waals surface area contributed by atoms with Crippen LogP contribution in [0.5, 0.6) is 0 Å². The van der Waals surface area contributed by atoms with Gasteiger partial charge in [0.2, 0.25) is 0 Å². The van der Waals surface area contributed by atoms with E-state index in [0.29, 0.717) is 23.3 Å². The largest absolute Gasteiger partial charge is 0.459 e. The molecule has 0 saturated carbocycles. The van der Waals surface area contributed by atoms with Gasteiger partial charge in [-0.1, -0.05) is 19.4 Å². The summed E-state index contributed by atoms with van der Waals surface area (Å²) in [6.07, 6.45) is 1.76. The predicted octanol–water partition coefficient (Wildman–Crippen LogP) is 3.29. The second kappa shape index (κ2) is 4.26. The summed E-state index contributed by atoms with van der Waals surface area (Å²) >= 11 is 0. The summed E-state index contributed by atoms with van der Waals surface area (Å²) in [6.45, 7) is 4.30. The topological polar surface area (TPSA) is 39.2 Å². The minimum atomic E-state index is -0.215. The van der Waals surface area contributed by atoms with Crippen molar-refractivity contribution in [3.8, 4) is 0 Å². The molecule has 1 aromatic carbocycles. The van der Waals surface area contributed by atoms with Gasteiger partial charge in [-0.25, -0.2) is 4.39 Å². The summed E-state index contributed by atoms with van der Waals surface area (Å²) in [5.74, 6) is 0.498. The number of hydrogen-bond acceptors (Lipinski definition) is 2. The molecule has 0 atom stereocenters. The van der Waals surface area contributed by atoms with Crippen molar-refractivity contribution < 1.29 is 8.81 Å². The lowest BCUT2D eigenvalue weighted by Gasteiger charge is -1.99. The average Bonchev–Trinajstić information content (AvgIpc) is 2.64. The Bertz CT molecular complexity index is 516. The van der Waals surface area contributed by atoms with Crippen molar-refractivity contribution in [3.63, 3.8) is 0 Å². The van der Waals surface area contributed by atoms with Crippen molar-refractivity contribution in [2.24, 2.45) is 5.73 Å². The van der Waals surface area contributed by atoms with Crippen LogP contribution in [0.25, 0.3) is 11.0 Å². The minimum Gasteiger partial charge on any atom is -0.459 e. The summed E-state index contributed by atoms with van der Waals surface area (Å²) in [7, 11) is 0. The van der Waals surface area contributed by atoms with E-state index >= 15 is 0 Å². The average molecular weight is 221 g/mol. The van der Waals surface area contributed by atoms with Gasteiger partial charge in [-0.05, 0) is 25.0 Å². The van der Waals surface area contributed by atoms with Crippen LogP contribution in [0.3, 0.4) is 0 Å². The van der Waals surface area contributed by atoms with E-state index in [9.17, 15) is 4.39 Å². The smallest absolute Gasteiger partial charge is 0.140 e. The maximum atomic E-state index is 13.8. The highest BCUT2D eigenvalue weighted by Gasteiger charge is 2.17. The highest BCUT2D eigenvalue weighted by Crippen LogP contribution is 2.31. The second-order valence-electron chi connectivity index (χ2n) is 4.03. The lowest BCUT2D eigenvalue weighted by molar-refractivity contribution is 0.542. The first-order valence-electron chi connectivity index (χ1n) is 5.58. The maximum Gasteiger partial charge on any atom is 0.140 e. The highest BCUT2D eigenvalue weighted by molar-refractivity contribution is 5.85. The Morgan fingerprint density at radius 1 is 1.38 bits per heavy atom. The fourth-order valence-corrected chi connectivity index (χ4v) is 2.08. The van der Waals surface area contributed by atoms with E-state index in [1.807, 2.05) is 6.92 Å². The Hall–Kier alpha value is -1.35. The predicted molar refractivity (Wildman–Crippen MR) is 62.8 cm³/mol. The first kappa shape index (κ1) is 11.1. The molecule has 86 valence electrons. The Balaban J connectivity index is 2.78. The van der Waals surface area contributed by atoms with Gasteiger partial charge in [0.1, 0.15) is 17.2 Å².